The molecule has 0 fully saturated rings. The van der Waals surface area contributed by atoms with Gasteiger partial charge in [0.25, 0.3) is 0 Å². The SMILES string of the molecule is CC(C=CC=O)=Cc1ccc(C)cc1. The molecule has 72 valence electrons. The van der Waals surface area contributed by atoms with Gasteiger partial charge in [0.1, 0.15) is 6.29 Å². The Kier molecular flexibility index (Phi) is 3.86. The highest BCUT2D eigenvalue weighted by Gasteiger charge is 1.87. The molecule has 0 N–H and O–H groups in total. The van der Waals surface area contributed by atoms with Gasteiger partial charge in [0, 0.05) is 0 Å². The van der Waals surface area contributed by atoms with Crippen LogP contribution in [-0.4, -0.2) is 6.29 Å². The predicted octanol–water partition coefficient (Wildman–Crippen LogP) is 3.15. The molecule has 0 spiro atoms. The second-order valence-electron chi connectivity index (χ2n) is 3.29. The van der Waals surface area contributed by atoms with Crippen LogP contribution in [0.1, 0.15) is 18.1 Å². The van der Waals surface area contributed by atoms with Gasteiger partial charge in [-0.25, -0.2) is 0 Å². The van der Waals surface area contributed by atoms with Crippen molar-refractivity contribution in [3.63, 3.8) is 0 Å². The Morgan fingerprint density at radius 1 is 1.21 bits per heavy atom. The molecule has 0 atom stereocenters. The molecule has 1 aromatic rings. The van der Waals surface area contributed by atoms with E-state index in [4.69, 9.17) is 0 Å². The lowest BCUT2D eigenvalue weighted by Crippen LogP contribution is -1.75. The summed E-state index contributed by atoms with van der Waals surface area (Å²) in [6.45, 7) is 4.03. The van der Waals surface area contributed by atoms with Crippen LogP contribution in [0.3, 0.4) is 0 Å². The van der Waals surface area contributed by atoms with E-state index in [1.807, 2.05) is 13.0 Å². The first kappa shape index (κ1) is 10.5. The molecule has 0 aliphatic rings. The fourth-order valence-corrected chi connectivity index (χ4v) is 1.16. The molecule has 14 heavy (non-hydrogen) atoms. The lowest BCUT2D eigenvalue weighted by Gasteiger charge is -1.96. The van der Waals surface area contributed by atoms with E-state index in [2.05, 4.69) is 31.2 Å². The van der Waals surface area contributed by atoms with E-state index in [0.717, 1.165) is 17.4 Å². The number of benzene rings is 1. The Labute approximate surface area is 84.8 Å². The van der Waals surface area contributed by atoms with Crippen molar-refractivity contribution in [2.24, 2.45) is 0 Å². The summed E-state index contributed by atoms with van der Waals surface area (Å²) in [5, 5.41) is 0. The molecule has 0 heterocycles. The molecule has 0 amide bonds. The normalized spacial score (nSPS) is 12.0. The third kappa shape index (κ3) is 3.40. The van der Waals surface area contributed by atoms with Gasteiger partial charge in [-0.15, -0.1) is 0 Å². The van der Waals surface area contributed by atoms with Crippen LogP contribution >= 0.6 is 0 Å². The quantitative estimate of drug-likeness (QED) is 0.402. The molecule has 1 aromatic carbocycles. The first-order valence-electron chi connectivity index (χ1n) is 4.59. The molecule has 0 bridgehead atoms. The van der Waals surface area contributed by atoms with E-state index < -0.39 is 0 Å². The fraction of sp³-hybridized carbons (Fsp3) is 0.154. The fourth-order valence-electron chi connectivity index (χ4n) is 1.16. The zero-order chi connectivity index (χ0) is 10.4. The molecule has 0 unspecified atom stereocenters. The number of hydrogen-bond acceptors (Lipinski definition) is 1. The summed E-state index contributed by atoms with van der Waals surface area (Å²) in [5.74, 6) is 0. The molecule has 0 saturated heterocycles. The summed E-state index contributed by atoms with van der Waals surface area (Å²) in [7, 11) is 0. The van der Waals surface area contributed by atoms with Gasteiger partial charge < -0.3 is 0 Å². The number of rotatable bonds is 3. The zero-order valence-electron chi connectivity index (χ0n) is 8.53. The number of allylic oxidation sites excluding steroid dienone is 3. The van der Waals surface area contributed by atoms with Crippen molar-refractivity contribution in [3.8, 4) is 0 Å². The van der Waals surface area contributed by atoms with Crippen LogP contribution in [-0.2, 0) is 4.79 Å². The molecular weight excluding hydrogens is 172 g/mol. The van der Waals surface area contributed by atoms with Gasteiger partial charge in [-0.3, -0.25) is 4.79 Å². The summed E-state index contributed by atoms with van der Waals surface area (Å²) in [6, 6.07) is 8.27. The molecule has 1 nitrogen and oxygen atoms in total. The van der Waals surface area contributed by atoms with Crippen LogP contribution in [0.5, 0.6) is 0 Å². The van der Waals surface area contributed by atoms with E-state index in [0.29, 0.717) is 0 Å². The van der Waals surface area contributed by atoms with Crippen LogP contribution in [0.2, 0.25) is 0 Å². The van der Waals surface area contributed by atoms with E-state index in [9.17, 15) is 4.79 Å². The van der Waals surface area contributed by atoms with E-state index in [-0.39, 0.29) is 0 Å². The molecule has 0 aliphatic carbocycles. The molecule has 0 aliphatic heterocycles. The Balaban J connectivity index is 2.81. The highest BCUT2D eigenvalue weighted by atomic mass is 16.1. The third-order valence-corrected chi connectivity index (χ3v) is 1.91. The second-order valence-corrected chi connectivity index (χ2v) is 3.29. The van der Waals surface area contributed by atoms with Crippen LogP contribution in [0, 0.1) is 6.92 Å². The summed E-state index contributed by atoms with van der Waals surface area (Å²) < 4.78 is 0. The molecular formula is C13H14O. The number of hydrogen-bond donors (Lipinski definition) is 0. The van der Waals surface area contributed by atoms with Crippen LogP contribution < -0.4 is 0 Å². The third-order valence-electron chi connectivity index (χ3n) is 1.91. The van der Waals surface area contributed by atoms with Gasteiger partial charge in [-0.1, -0.05) is 47.6 Å². The van der Waals surface area contributed by atoms with Gasteiger partial charge in [0.05, 0.1) is 0 Å². The number of carbonyl (C=O) groups is 1. The standard InChI is InChI=1S/C13H14O/c1-11-5-7-13(8-6-11)10-12(2)4-3-9-14/h3-10H,1-2H3. The molecule has 0 saturated carbocycles. The maximum Gasteiger partial charge on any atom is 0.142 e. The van der Waals surface area contributed by atoms with Gasteiger partial charge in [-0.05, 0) is 25.5 Å². The Hall–Kier alpha value is -1.63. The van der Waals surface area contributed by atoms with Gasteiger partial charge >= 0.3 is 0 Å². The first-order chi connectivity index (χ1) is 6.72. The molecule has 0 radical (unpaired) electrons. The average molecular weight is 186 g/mol. The Bertz CT molecular complexity index is 355. The molecule has 1 rings (SSSR count). The van der Waals surface area contributed by atoms with E-state index >= 15 is 0 Å². The summed E-state index contributed by atoms with van der Waals surface area (Å²) in [5.41, 5.74) is 3.48. The minimum Gasteiger partial charge on any atom is -0.299 e. The van der Waals surface area contributed by atoms with Crippen molar-refractivity contribution in [1.29, 1.82) is 0 Å². The van der Waals surface area contributed by atoms with Crippen LogP contribution in [0.25, 0.3) is 6.08 Å². The number of aryl methyl sites for hydroxylation is 1. The monoisotopic (exact) mass is 186 g/mol. The lowest BCUT2D eigenvalue weighted by molar-refractivity contribution is -0.104. The van der Waals surface area contributed by atoms with Crippen molar-refractivity contribution in [2.75, 3.05) is 0 Å². The number of aldehydes is 1. The van der Waals surface area contributed by atoms with E-state index in [1.54, 1.807) is 6.08 Å². The Morgan fingerprint density at radius 2 is 1.86 bits per heavy atom. The van der Waals surface area contributed by atoms with Crippen molar-refractivity contribution < 1.29 is 4.79 Å². The first-order valence-corrected chi connectivity index (χ1v) is 4.59. The van der Waals surface area contributed by atoms with Gasteiger partial charge in [0.15, 0.2) is 0 Å². The minimum absolute atomic E-state index is 0.784. The maximum atomic E-state index is 10.1. The van der Waals surface area contributed by atoms with E-state index in [1.165, 1.54) is 11.6 Å². The summed E-state index contributed by atoms with van der Waals surface area (Å²) in [6.07, 6.45) is 6.12. The van der Waals surface area contributed by atoms with Crippen LogP contribution in [0.15, 0.2) is 42.0 Å². The average Bonchev–Trinajstić information content (AvgIpc) is 2.18. The summed E-state index contributed by atoms with van der Waals surface area (Å²) >= 11 is 0. The zero-order valence-corrected chi connectivity index (χ0v) is 8.53. The molecule has 1 heteroatoms. The largest absolute Gasteiger partial charge is 0.299 e. The topological polar surface area (TPSA) is 17.1 Å². The van der Waals surface area contributed by atoms with Gasteiger partial charge in [-0.2, -0.15) is 0 Å². The number of carbonyl (C=O) groups excluding carboxylic acids is 1. The second kappa shape index (κ2) is 5.18. The van der Waals surface area contributed by atoms with Crippen molar-refractivity contribution in [2.45, 2.75) is 13.8 Å². The maximum absolute atomic E-state index is 10.1. The summed E-state index contributed by atoms with van der Waals surface area (Å²) in [4.78, 5) is 10.1. The van der Waals surface area contributed by atoms with Crippen molar-refractivity contribution >= 4 is 12.4 Å². The highest BCUT2D eigenvalue weighted by molar-refractivity contribution is 5.67. The predicted molar refractivity (Wildman–Crippen MR) is 60.0 cm³/mol. The van der Waals surface area contributed by atoms with Gasteiger partial charge in [0.2, 0.25) is 0 Å². The lowest BCUT2D eigenvalue weighted by atomic mass is 10.1. The van der Waals surface area contributed by atoms with Crippen LogP contribution in [0.4, 0.5) is 0 Å². The minimum atomic E-state index is 0.784. The highest BCUT2D eigenvalue weighted by Crippen LogP contribution is 2.08. The smallest absolute Gasteiger partial charge is 0.142 e. The van der Waals surface area contributed by atoms with Crippen molar-refractivity contribution in [3.05, 3.63) is 53.1 Å². The molecule has 0 aromatic heterocycles. The van der Waals surface area contributed by atoms with Crippen molar-refractivity contribution in [1.82, 2.24) is 0 Å². The Morgan fingerprint density at radius 3 is 2.43 bits per heavy atom.